The Kier molecular flexibility index (Phi) is 3.53. The number of aromatic nitrogens is 3. The van der Waals surface area contributed by atoms with Gasteiger partial charge in [0.25, 0.3) is 0 Å². The highest BCUT2D eigenvalue weighted by atomic mass is 35.5. The lowest BCUT2D eigenvalue weighted by atomic mass is 9.94. The first-order chi connectivity index (χ1) is 11.6. The predicted octanol–water partition coefficient (Wildman–Crippen LogP) is 3.29. The number of rotatable bonds is 4. The molecule has 3 aromatic rings. The molecular formula is C18H17ClN4O. The molecule has 1 amide bonds. The molecule has 0 bridgehead atoms. The van der Waals surface area contributed by atoms with Gasteiger partial charge in [0.05, 0.1) is 11.5 Å². The summed E-state index contributed by atoms with van der Waals surface area (Å²) in [4.78, 5) is 12.9. The van der Waals surface area contributed by atoms with Gasteiger partial charge in [-0.3, -0.25) is 9.20 Å². The van der Waals surface area contributed by atoms with Crippen molar-refractivity contribution in [2.24, 2.45) is 0 Å². The van der Waals surface area contributed by atoms with Crippen LogP contribution in [0.5, 0.6) is 0 Å². The normalized spacial score (nSPS) is 16.8. The molecule has 1 unspecified atom stereocenters. The molecule has 0 spiro atoms. The molecular weight excluding hydrogens is 324 g/mol. The Hall–Kier alpha value is -2.40. The van der Waals surface area contributed by atoms with E-state index in [1.165, 1.54) is 0 Å². The zero-order valence-corrected chi connectivity index (χ0v) is 14.0. The second-order valence-electron chi connectivity index (χ2n) is 6.27. The molecule has 122 valence electrons. The fourth-order valence-electron chi connectivity index (χ4n) is 3.11. The van der Waals surface area contributed by atoms with Crippen molar-refractivity contribution >= 4 is 23.2 Å². The second kappa shape index (κ2) is 5.60. The molecule has 1 fully saturated rings. The Labute approximate surface area is 144 Å². The molecule has 4 rings (SSSR count). The SMILES string of the molecule is CC(NC(=O)C1(c2cccc(Cl)c2)CC1)c1nnc2ccccn12. The molecule has 24 heavy (non-hydrogen) atoms. The Balaban J connectivity index is 1.58. The fraction of sp³-hybridized carbons (Fsp3) is 0.278. The lowest BCUT2D eigenvalue weighted by Gasteiger charge is -2.19. The number of pyridine rings is 1. The van der Waals surface area contributed by atoms with Gasteiger partial charge in [-0.25, -0.2) is 0 Å². The van der Waals surface area contributed by atoms with Crippen LogP contribution in [0.25, 0.3) is 5.65 Å². The maximum Gasteiger partial charge on any atom is 0.231 e. The van der Waals surface area contributed by atoms with Gasteiger partial charge in [-0.15, -0.1) is 10.2 Å². The number of fused-ring (bicyclic) bond motifs is 1. The van der Waals surface area contributed by atoms with Crippen molar-refractivity contribution in [2.45, 2.75) is 31.2 Å². The average molecular weight is 341 g/mol. The first-order valence-electron chi connectivity index (χ1n) is 7.97. The Morgan fingerprint density at radius 3 is 2.83 bits per heavy atom. The predicted molar refractivity (Wildman–Crippen MR) is 91.9 cm³/mol. The number of benzene rings is 1. The molecule has 6 heteroatoms. The Bertz CT molecular complexity index is 916. The molecule has 1 aliphatic carbocycles. The zero-order chi connectivity index (χ0) is 16.7. The standard InChI is InChI=1S/C18H17ClN4O/c1-12(16-22-21-15-7-2-3-10-23(15)16)20-17(24)18(8-9-18)13-5-4-6-14(19)11-13/h2-7,10-12H,8-9H2,1H3,(H,20,24). The van der Waals surface area contributed by atoms with Gasteiger partial charge < -0.3 is 5.32 Å². The van der Waals surface area contributed by atoms with Gasteiger partial charge in [-0.2, -0.15) is 0 Å². The minimum Gasteiger partial charge on any atom is -0.346 e. The maximum absolute atomic E-state index is 12.9. The van der Waals surface area contributed by atoms with Crippen LogP contribution in [0.3, 0.4) is 0 Å². The number of hydrogen-bond donors (Lipinski definition) is 1. The molecule has 2 aromatic heterocycles. The van der Waals surface area contributed by atoms with E-state index in [-0.39, 0.29) is 11.9 Å². The van der Waals surface area contributed by atoms with E-state index in [4.69, 9.17) is 11.6 Å². The highest BCUT2D eigenvalue weighted by molar-refractivity contribution is 6.30. The first-order valence-corrected chi connectivity index (χ1v) is 8.35. The van der Waals surface area contributed by atoms with E-state index in [1.54, 1.807) is 0 Å². The number of nitrogens with one attached hydrogen (secondary N) is 1. The number of nitrogens with zero attached hydrogens (tertiary/aromatic N) is 3. The summed E-state index contributed by atoms with van der Waals surface area (Å²) in [6.07, 6.45) is 3.58. The van der Waals surface area contributed by atoms with E-state index in [2.05, 4.69) is 15.5 Å². The topological polar surface area (TPSA) is 59.3 Å². The molecule has 2 heterocycles. The number of halogens is 1. The Morgan fingerprint density at radius 2 is 2.08 bits per heavy atom. The quantitative estimate of drug-likeness (QED) is 0.792. The van der Waals surface area contributed by atoms with E-state index < -0.39 is 5.41 Å². The third-order valence-corrected chi connectivity index (χ3v) is 4.87. The van der Waals surface area contributed by atoms with Crippen molar-refractivity contribution in [1.29, 1.82) is 0 Å². The van der Waals surface area contributed by atoms with Gasteiger partial charge in [0.1, 0.15) is 0 Å². The summed E-state index contributed by atoms with van der Waals surface area (Å²) in [6, 6.07) is 13.1. The van der Waals surface area contributed by atoms with Crippen LogP contribution >= 0.6 is 11.6 Å². The highest BCUT2D eigenvalue weighted by Crippen LogP contribution is 2.49. The monoisotopic (exact) mass is 340 g/mol. The maximum atomic E-state index is 12.9. The van der Waals surface area contributed by atoms with Gasteiger partial charge in [0.2, 0.25) is 5.91 Å². The van der Waals surface area contributed by atoms with Gasteiger partial charge in [-0.1, -0.05) is 29.8 Å². The summed E-state index contributed by atoms with van der Waals surface area (Å²) in [5, 5.41) is 12.1. The first kappa shape index (κ1) is 15.1. The number of carbonyl (C=O) groups excluding carboxylic acids is 1. The van der Waals surface area contributed by atoms with Crippen LogP contribution in [-0.4, -0.2) is 20.5 Å². The van der Waals surface area contributed by atoms with Crippen molar-refractivity contribution < 1.29 is 4.79 Å². The summed E-state index contributed by atoms with van der Waals surface area (Å²) < 4.78 is 1.89. The smallest absolute Gasteiger partial charge is 0.231 e. The van der Waals surface area contributed by atoms with E-state index in [0.717, 1.165) is 29.9 Å². The van der Waals surface area contributed by atoms with E-state index in [9.17, 15) is 4.79 Å². The van der Waals surface area contributed by atoms with Crippen molar-refractivity contribution in [1.82, 2.24) is 19.9 Å². The number of amides is 1. The van der Waals surface area contributed by atoms with Crippen molar-refractivity contribution in [3.63, 3.8) is 0 Å². The van der Waals surface area contributed by atoms with Gasteiger partial charge in [-0.05, 0) is 49.6 Å². The third-order valence-electron chi connectivity index (χ3n) is 4.64. The molecule has 5 nitrogen and oxygen atoms in total. The average Bonchev–Trinajstić information content (AvgIpc) is 3.28. The zero-order valence-electron chi connectivity index (χ0n) is 13.2. The second-order valence-corrected chi connectivity index (χ2v) is 6.71. The van der Waals surface area contributed by atoms with Crippen molar-refractivity contribution in [3.8, 4) is 0 Å². The lowest BCUT2D eigenvalue weighted by Crippen LogP contribution is -2.37. The summed E-state index contributed by atoms with van der Waals surface area (Å²) in [7, 11) is 0. The molecule has 1 N–H and O–H groups in total. The molecule has 1 aliphatic rings. The van der Waals surface area contributed by atoms with Gasteiger partial charge >= 0.3 is 0 Å². The summed E-state index contributed by atoms with van der Waals surface area (Å²) >= 11 is 6.08. The van der Waals surface area contributed by atoms with Crippen LogP contribution < -0.4 is 5.32 Å². The van der Waals surface area contributed by atoms with Crippen LogP contribution in [0.15, 0.2) is 48.7 Å². The van der Waals surface area contributed by atoms with Crippen LogP contribution in [-0.2, 0) is 10.2 Å². The summed E-state index contributed by atoms with van der Waals surface area (Å²) in [5.41, 5.74) is 1.29. The van der Waals surface area contributed by atoms with Crippen molar-refractivity contribution in [3.05, 3.63) is 65.1 Å². The molecule has 0 aliphatic heterocycles. The minimum absolute atomic E-state index is 0.0185. The van der Waals surface area contributed by atoms with Crippen LogP contribution in [0.1, 0.15) is 37.2 Å². The minimum atomic E-state index is -0.459. The van der Waals surface area contributed by atoms with Crippen molar-refractivity contribution in [2.75, 3.05) is 0 Å². The van der Waals surface area contributed by atoms with E-state index in [1.807, 2.05) is 60.0 Å². The highest BCUT2D eigenvalue weighted by Gasteiger charge is 2.51. The van der Waals surface area contributed by atoms with Crippen LogP contribution in [0.4, 0.5) is 0 Å². The largest absolute Gasteiger partial charge is 0.346 e. The number of hydrogen-bond acceptors (Lipinski definition) is 3. The van der Waals surface area contributed by atoms with Gasteiger partial charge in [0.15, 0.2) is 11.5 Å². The van der Waals surface area contributed by atoms with Crippen LogP contribution in [0, 0.1) is 0 Å². The molecule has 0 radical (unpaired) electrons. The van der Waals surface area contributed by atoms with Crippen LogP contribution in [0.2, 0.25) is 5.02 Å². The lowest BCUT2D eigenvalue weighted by molar-refractivity contribution is -0.124. The van der Waals surface area contributed by atoms with Gasteiger partial charge in [0, 0.05) is 11.2 Å². The molecule has 1 aromatic carbocycles. The number of carbonyl (C=O) groups is 1. The summed E-state index contributed by atoms with van der Waals surface area (Å²) in [5.74, 6) is 0.741. The summed E-state index contributed by atoms with van der Waals surface area (Å²) in [6.45, 7) is 1.93. The molecule has 1 saturated carbocycles. The Morgan fingerprint density at radius 1 is 1.25 bits per heavy atom. The molecule has 0 saturated heterocycles. The molecule has 1 atom stereocenters. The third kappa shape index (κ3) is 2.45. The van der Waals surface area contributed by atoms with E-state index in [0.29, 0.717) is 5.02 Å². The fourth-order valence-corrected chi connectivity index (χ4v) is 3.30. The van der Waals surface area contributed by atoms with E-state index >= 15 is 0 Å².